The van der Waals surface area contributed by atoms with E-state index in [1.807, 2.05) is 27.2 Å². The number of hydrogen-bond donors (Lipinski definition) is 2. The highest BCUT2D eigenvalue weighted by Gasteiger charge is 2.23. The van der Waals surface area contributed by atoms with Crippen LogP contribution in [0, 0.1) is 0 Å². The van der Waals surface area contributed by atoms with Crippen LogP contribution in [0.3, 0.4) is 0 Å². The Kier molecular flexibility index (Phi) is 66.8. The van der Waals surface area contributed by atoms with Gasteiger partial charge in [0.15, 0.2) is 0 Å². The van der Waals surface area contributed by atoms with Gasteiger partial charge in [0.25, 0.3) is 7.82 Å². The zero-order chi connectivity index (χ0) is 64.1. The van der Waals surface area contributed by atoms with Gasteiger partial charge in [-0.1, -0.05) is 349 Å². The fourth-order valence-corrected chi connectivity index (χ4v) is 11.7. The van der Waals surface area contributed by atoms with Crippen LogP contribution >= 0.6 is 7.82 Å². The van der Waals surface area contributed by atoms with E-state index in [0.29, 0.717) is 17.4 Å². The first-order valence-corrected chi connectivity index (χ1v) is 39.1. The van der Waals surface area contributed by atoms with Gasteiger partial charge in [0.2, 0.25) is 5.91 Å². The van der Waals surface area contributed by atoms with Crippen molar-refractivity contribution in [3.63, 3.8) is 0 Å². The van der Waals surface area contributed by atoms with Crippen LogP contribution in [0.25, 0.3) is 0 Å². The van der Waals surface area contributed by atoms with Gasteiger partial charge in [-0.3, -0.25) is 9.36 Å². The molecule has 0 aliphatic heterocycles. The minimum absolute atomic E-state index is 0.0109. The Balaban J connectivity index is 4.07. The molecule has 0 aliphatic rings. The van der Waals surface area contributed by atoms with Crippen LogP contribution in [0.2, 0.25) is 0 Å². The van der Waals surface area contributed by atoms with Crippen LogP contribution in [0.1, 0.15) is 348 Å². The standard InChI is InChI=1S/C79H145N2O6P/c1-6-8-10-12-14-16-18-20-22-24-26-28-30-32-34-36-38-39-40-41-43-45-47-49-51-53-55-57-59-61-63-65-67-69-71-73-79(83)80-77(76-87-88(84,85)86-75-74-81(3,4)5)78(82)72-70-68-66-64-62-60-58-56-54-52-50-48-46-44-42-37-35-33-31-29-27-25-23-21-19-17-15-13-11-9-7-2/h8,10,14,16,20,22,26,28,32,34,54,56,62,64,70,72,77-78,82H,6-7,9,11-13,15,17-19,21,23-25,27,29-31,33,35-53,55,57-61,63,65-69,71,73-76H2,1-5H3,(H-,80,83,84,85)/b10-8-,16-14-,22-20-,28-26-,34-32-,56-54+,64-62+,72-70+. The Labute approximate surface area is 547 Å². The lowest BCUT2D eigenvalue weighted by Crippen LogP contribution is -2.45. The third-order valence-corrected chi connectivity index (χ3v) is 17.7. The number of phosphoric ester groups is 1. The number of likely N-dealkylation sites (N-methyl/N-ethyl adjacent to an activating group) is 1. The number of amides is 1. The highest BCUT2D eigenvalue weighted by molar-refractivity contribution is 7.45. The molecule has 0 aliphatic carbocycles. The first-order valence-electron chi connectivity index (χ1n) is 37.6. The minimum Gasteiger partial charge on any atom is -0.756 e. The van der Waals surface area contributed by atoms with Crippen LogP contribution in [0.4, 0.5) is 0 Å². The minimum atomic E-state index is -4.62. The predicted molar refractivity (Wildman–Crippen MR) is 385 cm³/mol. The summed E-state index contributed by atoms with van der Waals surface area (Å²) in [5.74, 6) is -0.208. The highest BCUT2D eigenvalue weighted by Crippen LogP contribution is 2.38. The van der Waals surface area contributed by atoms with E-state index >= 15 is 0 Å². The van der Waals surface area contributed by atoms with Crippen molar-refractivity contribution >= 4 is 13.7 Å². The number of nitrogens with one attached hydrogen (secondary N) is 1. The van der Waals surface area contributed by atoms with E-state index < -0.39 is 26.6 Å². The van der Waals surface area contributed by atoms with Crippen LogP contribution in [0.15, 0.2) is 97.2 Å². The molecule has 0 aromatic rings. The SMILES string of the molecule is CC/C=C\C/C=C\C/C=C\C/C=C\C/C=C\CCCCCCCCCCCCCCCCCCCCCC(=O)NC(COP(=O)([O-])OCC[N+](C)(C)C)C(O)/C=C/CC/C=C/CC/C=C/CCCCCCCCCCCCCCCCCCCCCCC. The molecule has 8 nitrogen and oxygen atoms in total. The van der Waals surface area contributed by atoms with Crippen LogP contribution < -0.4 is 10.2 Å². The van der Waals surface area contributed by atoms with Gasteiger partial charge in [-0.25, -0.2) is 0 Å². The number of carbonyl (C=O) groups excluding carboxylic acids is 1. The number of hydrogen-bond acceptors (Lipinski definition) is 6. The lowest BCUT2D eigenvalue weighted by atomic mass is 10.0. The number of quaternary nitrogens is 1. The second kappa shape index (κ2) is 68.8. The van der Waals surface area contributed by atoms with E-state index in [9.17, 15) is 19.4 Å². The summed E-state index contributed by atoms with van der Waals surface area (Å²) in [6, 6.07) is -0.916. The van der Waals surface area contributed by atoms with Gasteiger partial charge in [0.05, 0.1) is 39.9 Å². The number of carbonyl (C=O) groups is 1. The van der Waals surface area contributed by atoms with Crippen LogP contribution in [-0.4, -0.2) is 68.5 Å². The summed E-state index contributed by atoms with van der Waals surface area (Å²) < 4.78 is 23.5. The first kappa shape index (κ1) is 85.4. The Morgan fingerprint density at radius 2 is 0.705 bits per heavy atom. The average molecular weight is 1250 g/mol. The van der Waals surface area contributed by atoms with E-state index in [4.69, 9.17) is 9.05 Å². The van der Waals surface area contributed by atoms with Gasteiger partial charge >= 0.3 is 0 Å². The van der Waals surface area contributed by atoms with Gasteiger partial charge in [-0.2, -0.15) is 0 Å². The van der Waals surface area contributed by atoms with Crippen molar-refractivity contribution in [3.8, 4) is 0 Å². The fourth-order valence-electron chi connectivity index (χ4n) is 11.0. The van der Waals surface area contributed by atoms with E-state index in [1.165, 1.54) is 250 Å². The summed E-state index contributed by atoms with van der Waals surface area (Å²) >= 11 is 0. The molecule has 2 N–H and O–H groups in total. The molecular formula is C79H145N2O6P. The molecule has 88 heavy (non-hydrogen) atoms. The summed E-state index contributed by atoms with van der Waals surface area (Å²) in [5.41, 5.74) is 0. The van der Waals surface area contributed by atoms with Crippen molar-refractivity contribution in [2.75, 3.05) is 40.9 Å². The molecule has 0 saturated heterocycles. The van der Waals surface area contributed by atoms with Crippen molar-refractivity contribution < 1.29 is 32.9 Å². The third-order valence-electron chi connectivity index (χ3n) is 16.8. The molecule has 0 fully saturated rings. The second-order valence-corrected chi connectivity index (χ2v) is 28.0. The number of allylic oxidation sites excluding steroid dienone is 15. The van der Waals surface area contributed by atoms with Gasteiger partial charge < -0.3 is 28.8 Å². The molecule has 0 spiro atoms. The summed E-state index contributed by atoms with van der Waals surface area (Å²) in [6.07, 6.45) is 99.9. The predicted octanol–water partition coefficient (Wildman–Crippen LogP) is 23.8. The molecule has 0 aromatic heterocycles. The van der Waals surface area contributed by atoms with Gasteiger partial charge in [0, 0.05) is 6.42 Å². The summed E-state index contributed by atoms with van der Waals surface area (Å²) in [7, 11) is 1.24. The first-order chi connectivity index (χ1) is 43.0. The number of rotatable bonds is 69. The maximum atomic E-state index is 13.1. The zero-order valence-corrected chi connectivity index (χ0v) is 59.6. The lowest BCUT2D eigenvalue weighted by Gasteiger charge is -2.29. The number of phosphoric acid groups is 1. The molecular weight excluding hydrogens is 1100 g/mol. The quantitative estimate of drug-likeness (QED) is 0.0272. The molecule has 0 heterocycles. The molecule has 0 bridgehead atoms. The smallest absolute Gasteiger partial charge is 0.268 e. The average Bonchev–Trinajstić information content (AvgIpc) is 3.64. The third kappa shape index (κ3) is 70.9. The maximum absolute atomic E-state index is 13.1. The van der Waals surface area contributed by atoms with Crippen molar-refractivity contribution in [2.45, 2.75) is 360 Å². The zero-order valence-electron chi connectivity index (χ0n) is 58.7. The molecule has 3 unspecified atom stereocenters. The van der Waals surface area contributed by atoms with E-state index in [2.05, 4.69) is 104 Å². The van der Waals surface area contributed by atoms with Gasteiger partial charge in [-0.05, 0) is 89.9 Å². The molecule has 0 saturated carbocycles. The largest absolute Gasteiger partial charge is 0.756 e. The monoisotopic (exact) mass is 1250 g/mol. The molecule has 3 atom stereocenters. The van der Waals surface area contributed by atoms with E-state index in [1.54, 1.807) is 6.08 Å². The Hall–Kier alpha value is -2.58. The molecule has 9 heteroatoms. The summed E-state index contributed by atoms with van der Waals surface area (Å²) in [4.78, 5) is 25.7. The Morgan fingerprint density at radius 1 is 0.409 bits per heavy atom. The second-order valence-electron chi connectivity index (χ2n) is 26.6. The molecule has 0 aromatic carbocycles. The molecule has 0 radical (unpaired) electrons. The van der Waals surface area contributed by atoms with Crippen LogP contribution in [0.5, 0.6) is 0 Å². The normalized spacial score (nSPS) is 14.1. The van der Waals surface area contributed by atoms with Gasteiger partial charge in [-0.15, -0.1) is 0 Å². The van der Waals surface area contributed by atoms with E-state index in [0.717, 1.165) is 77.0 Å². The van der Waals surface area contributed by atoms with Crippen LogP contribution in [-0.2, 0) is 18.4 Å². The van der Waals surface area contributed by atoms with Crippen molar-refractivity contribution in [2.24, 2.45) is 0 Å². The maximum Gasteiger partial charge on any atom is 0.268 e. The lowest BCUT2D eigenvalue weighted by molar-refractivity contribution is -0.870. The van der Waals surface area contributed by atoms with Gasteiger partial charge in [0.1, 0.15) is 13.2 Å². The summed E-state index contributed by atoms with van der Waals surface area (Å²) in [6.45, 7) is 4.55. The molecule has 512 valence electrons. The molecule has 1 amide bonds. The highest BCUT2D eigenvalue weighted by atomic mass is 31.2. The Bertz CT molecular complexity index is 1760. The van der Waals surface area contributed by atoms with Crippen molar-refractivity contribution in [1.82, 2.24) is 5.32 Å². The number of nitrogens with zero attached hydrogens (tertiary/aromatic N) is 1. The molecule has 0 rings (SSSR count). The fraction of sp³-hybridized carbons (Fsp3) is 0.785. The number of unbranched alkanes of at least 4 members (excludes halogenated alkanes) is 42. The topological polar surface area (TPSA) is 108 Å². The number of aliphatic hydroxyl groups excluding tert-OH is 1. The van der Waals surface area contributed by atoms with Crippen molar-refractivity contribution in [1.29, 1.82) is 0 Å². The Morgan fingerprint density at radius 3 is 1.06 bits per heavy atom. The van der Waals surface area contributed by atoms with Crippen molar-refractivity contribution in [3.05, 3.63) is 97.2 Å². The number of aliphatic hydroxyl groups is 1. The summed E-state index contributed by atoms with van der Waals surface area (Å²) in [5, 5.41) is 14.0. The van der Waals surface area contributed by atoms with E-state index in [-0.39, 0.29) is 12.5 Å².